The fourth-order valence-corrected chi connectivity index (χ4v) is 2.46. The van der Waals surface area contributed by atoms with Crippen LogP contribution in [0.3, 0.4) is 0 Å². The maximum Gasteiger partial charge on any atom is 1.00 e. The summed E-state index contributed by atoms with van der Waals surface area (Å²) in [4.78, 5) is 10.6. The van der Waals surface area contributed by atoms with E-state index in [4.69, 9.17) is 0 Å². The summed E-state index contributed by atoms with van der Waals surface area (Å²) >= 11 is 0. The van der Waals surface area contributed by atoms with Gasteiger partial charge in [-0.3, -0.25) is 0 Å². The minimum absolute atomic E-state index is 0. The first-order valence-corrected chi connectivity index (χ1v) is 8.00. The van der Waals surface area contributed by atoms with Crippen molar-refractivity contribution in [3.8, 4) is 0 Å². The average Bonchev–Trinajstić information content (AvgIpc) is 2.30. The molecule has 0 fully saturated rings. The van der Waals surface area contributed by atoms with Crippen LogP contribution in [0.5, 0.6) is 0 Å². The molecule has 0 heterocycles. The van der Waals surface area contributed by atoms with Gasteiger partial charge in [0.05, 0.1) is 26.6 Å². The molecule has 0 spiro atoms. The summed E-state index contributed by atoms with van der Waals surface area (Å²) in [5.41, 5.74) is 0. The second kappa shape index (κ2) is 14.4. The predicted molar refractivity (Wildman–Crippen MR) is 78.7 cm³/mol. The van der Waals surface area contributed by atoms with Gasteiger partial charge in [0.2, 0.25) is 0 Å². The zero-order valence-electron chi connectivity index (χ0n) is 14.2. The SMILES string of the molecule is CCCCCCCCCCCC[N+](C)(C)CC(=O)[O-].[Na+]. The first-order valence-electron chi connectivity index (χ1n) is 8.00. The van der Waals surface area contributed by atoms with Crippen LogP contribution in [0.4, 0.5) is 0 Å². The van der Waals surface area contributed by atoms with E-state index in [1.165, 1.54) is 57.8 Å². The number of rotatable bonds is 13. The van der Waals surface area contributed by atoms with Crippen molar-refractivity contribution in [3.63, 3.8) is 0 Å². The molecule has 114 valence electrons. The number of aliphatic carboxylic acids is 1. The molecule has 0 aliphatic carbocycles. The number of quaternary nitrogens is 1. The van der Waals surface area contributed by atoms with Crippen LogP contribution in [0.2, 0.25) is 0 Å². The quantitative estimate of drug-likeness (QED) is 0.267. The van der Waals surface area contributed by atoms with E-state index in [9.17, 15) is 9.90 Å². The van der Waals surface area contributed by atoms with Gasteiger partial charge in [-0.25, -0.2) is 0 Å². The third-order valence-corrected chi connectivity index (χ3v) is 3.67. The summed E-state index contributed by atoms with van der Waals surface area (Å²) in [5, 5.41) is 10.6. The maximum atomic E-state index is 10.6. The molecule has 0 amide bonds. The Bertz CT molecular complexity index is 233. The molecule has 0 saturated heterocycles. The molecule has 0 aromatic heterocycles. The Hall–Kier alpha value is 0.430. The minimum Gasteiger partial charge on any atom is -0.544 e. The summed E-state index contributed by atoms with van der Waals surface area (Å²) in [6.45, 7) is 3.31. The molecule has 0 aliphatic heterocycles. The van der Waals surface area contributed by atoms with Crippen molar-refractivity contribution in [2.75, 3.05) is 27.2 Å². The molecule has 0 unspecified atom stereocenters. The van der Waals surface area contributed by atoms with Gasteiger partial charge in [0.1, 0.15) is 6.54 Å². The molecular formula is C16H33NNaO2+. The normalized spacial score (nSPS) is 11.2. The topological polar surface area (TPSA) is 40.1 Å². The largest absolute Gasteiger partial charge is 1.00 e. The van der Waals surface area contributed by atoms with Gasteiger partial charge in [0, 0.05) is 0 Å². The van der Waals surface area contributed by atoms with Gasteiger partial charge < -0.3 is 14.4 Å². The van der Waals surface area contributed by atoms with E-state index in [-0.39, 0.29) is 36.1 Å². The zero-order valence-corrected chi connectivity index (χ0v) is 16.2. The molecule has 0 aromatic carbocycles. The van der Waals surface area contributed by atoms with Crippen LogP contribution in [-0.2, 0) is 4.79 Å². The Labute approximate surface area is 148 Å². The van der Waals surface area contributed by atoms with Crippen LogP contribution in [0.1, 0.15) is 71.1 Å². The zero-order chi connectivity index (χ0) is 14.6. The van der Waals surface area contributed by atoms with Gasteiger partial charge in [-0.05, 0) is 12.8 Å². The van der Waals surface area contributed by atoms with Crippen LogP contribution < -0.4 is 34.7 Å². The van der Waals surface area contributed by atoms with Gasteiger partial charge in [-0.15, -0.1) is 0 Å². The number of carboxylic acids is 1. The van der Waals surface area contributed by atoms with E-state index in [0.717, 1.165) is 13.0 Å². The van der Waals surface area contributed by atoms with E-state index in [1.54, 1.807) is 0 Å². The third kappa shape index (κ3) is 16.5. The van der Waals surface area contributed by atoms with Crippen LogP contribution in [-0.4, -0.2) is 37.6 Å². The standard InChI is InChI=1S/C16H33NO2.Na/c1-4-5-6-7-8-9-10-11-12-13-14-17(2,3)15-16(18)19;/h4-15H2,1-3H3;/q;+1. The number of unbranched alkanes of at least 4 members (excludes halogenated alkanes) is 9. The fraction of sp³-hybridized carbons (Fsp3) is 0.938. The Kier molecular flexibility index (Phi) is 16.3. The summed E-state index contributed by atoms with van der Waals surface area (Å²) < 4.78 is 0.541. The van der Waals surface area contributed by atoms with E-state index >= 15 is 0 Å². The first-order chi connectivity index (χ1) is 8.98. The molecule has 20 heavy (non-hydrogen) atoms. The van der Waals surface area contributed by atoms with Gasteiger partial charge in [0.15, 0.2) is 0 Å². The van der Waals surface area contributed by atoms with E-state index < -0.39 is 5.97 Å². The molecule has 0 aliphatic rings. The van der Waals surface area contributed by atoms with Crippen molar-refractivity contribution in [3.05, 3.63) is 0 Å². The number of hydrogen-bond acceptors (Lipinski definition) is 2. The average molecular weight is 294 g/mol. The monoisotopic (exact) mass is 294 g/mol. The summed E-state index contributed by atoms with van der Waals surface area (Å²) in [7, 11) is 3.92. The van der Waals surface area contributed by atoms with Crippen molar-refractivity contribution in [1.82, 2.24) is 0 Å². The second-order valence-electron chi connectivity index (χ2n) is 6.37. The third-order valence-electron chi connectivity index (χ3n) is 3.67. The molecule has 0 N–H and O–H groups in total. The van der Waals surface area contributed by atoms with Crippen molar-refractivity contribution in [2.24, 2.45) is 0 Å². The van der Waals surface area contributed by atoms with Crippen molar-refractivity contribution < 1.29 is 43.9 Å². The summed E-state index contributed by atoms with van der Waals surface area (Å²) in [6, 6.07) is 0. The molecule has 0 rings (SSSR count). The van der Waals surface area contributed by atoms with Crippen LogP contribution in [0.25, 0.3) is 0 Å². The van der Waals surface area contributed by atoms with Gasteiger partial charge in [-0.2, -0.15) is 0 Å². The molecular weight excluding hydrogens is 261 g/mol. The number of nitrogens with zero attached hydrogens (tertiary/aromatic N) is 1. The number of hydrogen-bond donors (Lipinski definition) is 0. The van der Waals surface area contributed by atoms with Gasteiger partial charge in [0.25, 0.3) is 0 Å². The molecule has 0 radical (unpaired) electrons. The Morgan fingerprint density at radius 3 is 1.65 bits per heavy atom. The Morgan fingerprint density at radius 2 is 1.25 bits per heavy atom. The van der Waals surface area contributed by atoms with Gasteiger partial charge >= 0.3 is 29.6 Å². The van der Waals surface area contributed by atoms with E-state index in [2.05, 4.69) is 6.92 Å². The van der Waals surface area contributed by atoms with E-state index in [1.807, 2.05) is 14.1 Å². The number of carboxylic acid groups (broad SMARTS) is 1. The minimum atomic E-state index is -0.947. The molecule has 0 aromatic rings. The predicted octanol–water partition coefficient (Wildman–Crippen LogP) is -0.262. The van der Waals surface area contributed by atoms with Gasteiger partial charge in [-0.1, -0.05) is 58.3 Å². The van der Waals surface area contributed by atoms with Crippen LogP contribution in [0.15, 0.2) is 0 Å². The molecule has 0 saturated carbocycles. The number of carbonyl (C=O) groups excluding carboxylic acids is 1. The maximum absolute atomic E-state index is 10.6. The van der Waals surface area contributed by atoms with Crippen LogP contribution >= 0.6 is 0 Å². The summed E-state index contributed by atoms with van der Waals surface area (Å²) in [5.74, 6) is -0.947. The first kappa shape index (κ1) is 22.7. The van der Waals surface area contributed by atoms with E-state index in [0.29, 0.717) is 4.48 Å². The van der Waals surface area contributed by atoms with Crippen molar-refractivity contribution in [2.45, 2.75) is 71.1 Å². The molecule has 3 nitrogen and oxygen atoms in total. The van der Waals surface area contributed by atoms with Crippen molar-refractivity contribution in [1.29, 1.82) is 0 Å². The second-order valence-corrected chi connectivity index (χ2v) is 6.37. The summed E-state index contributed by atoms with van der Waals surface area (Å²) in [6.07, 6.45) is 13.2. The Morgan fingerprint density at radius 1 is 0.850 bits per heavy atom. The fourth-order valence-electron chi connectivity index (χ4n) is 2.46. The molecule has 0 atom stereocenters. The molecule has 0 bridgehead atoms. The Balaban J connectivity index is 0. The smallest absolute Gasteiger partial charge is 0.544 e. The number of likely N-dealkylation sites (N-methyl/N-ethyl adjacent to an activating group) is 1. The van der Waals surface area contributed by atoms with Crippen molar-refractivity contribution >= 4 is 5.97 Å². The van der Waals surface area contributed by atoms with Crippen LogP contribution in [0, 0.1) is 0 Å². The number of carbonyl (C=O) groups is 1. The molecule has 4 heteroatoms.